The molecule has 3 heterocycles. The van der Waals surface area contributed by atoms with E-state index < -0.39 is 4.92 Å². The smallest absolute Gasteiger partial charge is 0.300 e. The lowest BCUT2D eigenvalue weighted by atomic mass is 10.1. The lowest BCUT2D eigenvalue weighted by molar-refractivity contribution is -0.383. The van der Waals surface area contributed by atoms with Crippen molar-refractivity contribution in [2.24, 2.45) is 0 Å². The number of non-ortho nitro benzene ring substituents is 1. The van der Waals surface area contributed by atoms with E-state index in [4.69, 9.17) is 16.2 Å². The summed E-state index contributed by atoms with van der Waals surface area (Å²) in [5, 5.41) is 20.5. The van der Waals surface area contributed by atoms with Crippen molar-refractivity contribution in [1.29, 1.82) is 0 Å². The Morgan fingerprint density at radius 3 is 2.45 bits per heavy atom. The van der Waals surface area contributed by atoms with Gasteiger partial charge in [-0.1, -0.05) is 11.6 Å². The molecule has 0 saturated carbocycles. The third-order valence-corrected chi connectivity index (χ3v) is 5.45. The van der Waals surface area contributed by atoms with Crippen LogP contribution in [-0.4, -0.2) is 46.4 Å². The van der Waals surface area contributed by atoms with Gasteiger partial charge in [-0.25, -0.2) is 4.63 Å². The van der Waals surface area contributed by atoms with E-state index >= 15 is 0 Å². The minimum atomic E-state index is -0.477. The number of aromatic nitrogens is 3. The predicted molar refractivity (Wildman–Crippen MR) is 110 cm³/mol. The third kappa shape index (κ3) is 2.99. The van der Waals surface area contributed by atoms with Crippen molar-refractivity contribution in [3.63, 3.8) is 0 Å². The Labute approximate surface area is 169 Å². The average Bonchev–Trinajstić information content (AvgIpc) is 3.22. The lowest BCUT2D eigenvalue weighted by Gasteiger charge is -2.37. The first-order valence-corrected chi connectivity index (χ1v) is 9.43. The van der Waals surface area contributed by atoms with E-state index in [1.165, 1.54) is 6.07 Å². The third-order valence-electron chi connectivity index (χ3n) is 5.21. The van der Waals surface area contributed by atoms with Crippen LogP contribution in [0.15, 0.2) is 47.2 Å². The summed E-state index contributed by atoms with van der Waals surface area (Å²) in [7, 11) is 0. The van der Waals surface area contributed by atoms with E-state index in [2.05, 4.69) is 25.1 Å². The Hall–Kier alpha value is -3.46. The topological polar surface area (TPSA) is 101 Å². The van der Waals surface area contributed by atoms with Gasteiger partial charge in [0.2, 0.25) is 5.52 Å². The van der Waals surface area contributed by atoms with Crippen molar-refractivity contribution in [2.75, 3.05) is 36.0 Å². The van der Waals surface area contributed by atoms with E-state index in [0.717, 1.165) is 48.5 Å². The molecule has 0 unspecified atom stereocenters. The molecule has 2 aromatic carbocycles. The number of rotatable bonds is 3. The Kier molecular flexibility index (Phi) is 4.17. The van der Waals surface area contributed by atoms with Crippen molar-refractivity contribution >= 4 is 50.6 Å². The molecule has 9 nitrogen and oxygen atoms in total. The first-order chi connectivity index (χ1) is 14.1. The minimum Gasteiger partial charge on any atom is -0.367 e. The maximum Gasteiger partial charge on any atom is 0.300 e. The molecule has 4 aromatic rings. The van der Waals surface area contributed by atoms with Gasteiger partial charge in [-0.15, -0.1) is 0 Å². The van der Waals surface area contributed by atoms with Gasteiger partial charge in [0, 0.05) is 54.5 Å². The predicted octanol–water partition coefficient (Wildman–Crippen LogP) is 3.66. The van der Waals surface area contributed by atoms with Gasteiger partial charge in [-0.05, 0) is 40.6 Å². The summed E-state index contributed by atoms with van der Waals surface area (Å²) in [6.45, 7) is 3.03. The molecule has 1 fully saturated rings. The molecule has 146 valence electrons. The van der Waals surface area contributed by atoms with Crippen LogP contribution < -0.4 is 9.80 Å². The summed E-state index contributed by atoms with van der Waals surface area (Å²) in [4.78, 5) is 19.6. The molecule has 0 radical (unpaired) electrons. The summed E-state index contributed by atoms with van der Waals surface area (Å²) < 4.78 is 4.78. The van der Waals surface area contributed by atoms with E-state index in [1.54, 1.807) is 12.3 Å². The molecule has 5 rings (SSSR count). The summed E-state index contributed by atoms with van der Waals surface area (Å²) in [6, 6.07) is 10.9. The monoisotopic (exact) mass is 410 g/mol. The number of hydrogen-bond acceptors (Lipinski definition) is 8. The molecule has 2 aromatic heterocycles. The number of halogens is 1. The fourth-order valence-corrected chi connectivity index (χ4v) is 3.98. The number of nitrogens with zero attached hydrogens (tertiary/aromatic N) is 6. The van der Waals surface area contributed by atoms with Gasteiger partial charge in [0.15, 0.2) is 5.52 Å². The lowest BCUT2D eigenvalue weighted by Crippen LogP contribution is -2.46. The zero-order valence-corrected chi connectivity index (χ0v) is 15.9. The standard InChI is InChI=1S/C19H15ClN6O3/c20-12-1-2-13-14(11-12)21-6-5-15(13)24-7-9-25(10-8-24)16-3-4-17(26(27)28)19-18(16)22-29-23-19/h1-6,11H,7-10H2. The van der Waals surface area contributed by atoms with E-state index in [0.29, 0.717) is 10.5 Å². The maximum absolute atomic E-state index is 11.2. The second-order valence-corrected chi connectivity index (χ2v) is 7.22. The molecule has 0 spiro atoms. The highest BCUT2D eigenvalue weighted by molar-refractivity contribution is 6.31. The van der Waals surface area contributed by atoms with Crippen LogP contribution >= 0.6 is 11.6 Å². The molecular weight excluding hydrogens is 396 g/mol. The fraction of sp³-hybridized carbons (Fsp3) is 0.211. The van der Waals surface area contributed by atoms with Gasteiger partial charge in [-0.2, -0.15) is 0 Å². The average molecular weight is 411 g/mol. The summed E-state index contributed by atoms with van der Waals surface area (Å²) in [5.41, 5.74) is 3.25. The number of nitro benzene ring substituents is 1. The van der Waals surface area contributed by atoms with Crippen LogP contribution in [-0.2, 0) is 0 Å². The fourth-order valence-electron chi connectivity index (χ4n) is 3.81. The molecule has 1 aliphatic rings. The van der Waals surface area contributed by atoms with Crippen LogP contribution in [0.4, 0.5) is 17.1 Å². The highest BCUT2D eigenvalue weighted by Gasteiger charge is 2.25. The summed E-state index contributed by atoms with van der Waals surface area (Å²) >= 11 is 6.09. The second kappa shape index (κ2) is 6.85. The van der Waals surface area contributed by atoms with E-state index in [-0.39, 0.29) is 11.2 Å². The largest absolute Gasteiger partial charge is 0.367 e. The number of hydrogen-bond donors (Lipinski definition) is 0. The van der Waals surface area contributed by atoms with Crippen LogP contribution in [0.1, 0.15) is 0 Å². The van der Waals surface area contributed by atoms with Gasteiger partial charge in [0.05, 0.1) is 16.1 Å². The normalized spacial score (nSPS) is 14.7. The van der Waals surface area contributed by atoms with Crippen molar-refractivity contribution in [2.45, 2.75) is 0 Å². The molecule has 0 amide bonds. The first kappa shape index (κ1) is 17.6. The number of anilines is 2. The number of piperazine rings is 1. The maximum atomic E-state index is 11.2. The number of pyridine rings is 1. The molecule has 0 N–H and O–H groups in total. The Bertz CT molecular complexity index is 1240. The van der Waals surface area contributed by atoms with Crippen LogP contribution in [0.25, 0.3) is 21.9 Å². The molecular formula is C19H15ClN6O3. The highest BCUT2D eigenvalue weighted by atomic mass is 35.5. The summed E-state index contributed by atoms with van der Waals surface area (Å²) in [5.74, 6) is 0. The Balaban J connectivity index is 1.42. The van der Waals surface area contributed by atoms with Crippen molar-refractivity contribution in [3.8, 4) is 0 Å². The van der Waals surface area contributed by atoms with Crippen LogP contribution in [0.2, 0.25) is 5.02 Å². The van der Waals surface area contributed by atoms with Gasteiger partial charge in [0.1, 0.15) is 0 Å². The number of fused-ring (bicyclic) bond motifs is 2. The SMILES string of the molecule is O=[N+]([O-])c1ccc(N2CCN(c3ccnc4cc(Cl)ccc34)CC2)c2nonc12. The molecule has 1 aliphatic heterocycles. The second-order valence-electron chi connectivity index (χ2n) is 6.79. The molecule has 0 aliphatic carbocycles. The molecule has 29 heavy (non-hydrogen) atoms. The molecule has 1 saturated heterocycles. The molecule has 0 atom stereocenters. The van der Waals surface area contributed by atoms with Gasteiger partial charge < -0.3 is 9.80 Å². The van der Waals surface area contributed by atoms with Crippen LogP contribution in [0.3, 0.4) is 0 Å². The zero-order valence-electron chi connectivity index (χ0n) is 15.2. The van der Waals surface area contributed by atoms with Crippen LogP contribution in [0, 0.1) is 10.1 Å². The highest BCUT2D eigenvalue weighted by Crippen LogP contribution is 2.33. The Morgan fingerprint density at radius 1 is 0.966 bits per heavy atom. The van der Waals surface area contributed by atoms with Gasteiger partial charge in [-0.3, -0.25) is 15.1 Å². The Morgan fingerprint density at radius 2 is 1.69 bits per heavy atom. The number of nitro groups is 1. The summed E-state index contributed by atoms with van der Waals surface area (Å²) in [6.07, 6.45) is 1.79. The number of benzene rings is 2. The molecule has 0 bridgehead atoms. The quantitative estimate of drug-likeness (QED) is 0.372. The van der Waals surface area contributed by atoms with Crippen molar-refractivity contribution in [1.82, 2.24) is 15.3 Å². The molecule has 10 heteroatoms. The van der Waals surface area contributed by atoms with Gasteiger partial charge in [0.25, 0.3) is 0 Å². The van der Waals surface area contributed by atoms with E-state index in [1.807, 2.05) is 24.3 Å². The minimum absolute atomic E-state index is 0.106. The van der Waals surface area contributed by atoms with Crippen molar-refractivity contribution < 1.29 is 9.55 Å². The van der Waals surface area contributed by atoms with E-state index in [9.17, 15) is 10.1 Å². The van der Waals surface area contributed by atoms with Crippen molar-refractivity contribution in [3.05, 3.63) is 57.7 Å². The first-order valence-electron chi connectivity index (χ1n) is 9.05. The zero-order chi connectivity index (χ0) is 20.0. The van der Waals surface area contributed by atoms with Gasteiger partial charge >= 0.3 is 5.69 Å². The van der Waals surface area contributed by atoms with Crippen LogP contribution in [0.5, 0.6) is 0 Å².